The fourth-order valence-electron chi connectivity index (χ4n) is 0.279. The molecule has 0 aliphatic rings. The van der Waals surface area contributed by atoms with Gasteiger partial charge >= 0.3 is 5.97 Å². The van der Waals surface area contributed by atoms with Crippen molar-refractivity contribution in [2.45, 2.75) is 6.04 Å². The zero-order chi connectivity index (χ0) is 8.36. The fraction of sp³-hybridized carbons (Fsp3) is 0.333. The highest BCUT2D eigenvalue weighted by Crippen LogP contribution is 2.41. The largest absolute Gasteiger partial charge is 0.480 e. The SMILES string of the molecule is N[C@@H](C=P(O)(O)S)C(=O)O. The van der Waals surface area contributed by atoms with Gasteiger partial charge in [-0.05, 0) is 0 Å². The number of carboxylic acid groups (broad SMARTS) is 1. The first kappa shape index (κ1) is 10.0. The van der Waals surface area contributed by atoms with Crippen LogP contribution >= 0.6 is 18.8 Å². The first-order valence-electron chi connectivity index (χ1n) is 2.24. The normalized spacial score (nSPS) is 14.4. The minimum atomic E-state index is -3.46. The zero-order valence-corrected chi connectivity index (χ0v) is 6.67. The van der Waals surface area contributed by atoms with E-state index in [1.165, 1.54) is 0 Å². The van der Waals surface area contributed by atoms with Crippen LogP contribution in [0.1, 0.15) is 0 Å². The molecule has 10 heavy (non-hydrogen) atoms. The second kappa shape index (κ2) is 3.41. The van der Waals surface area contributed by atoms with Crippen LogP contribution in [-0.2, 0) is 4.79 Å². The number of aliphatic carboxylic acids is 1. The Morgan fingerprint density at radius 2 is 2.10 bits per heavy atom. The first-order valence-corrected chi connectivity index (χ1v) is 5.16. The monoisotopic (exact) mass is 185 g/mol. The van der Waals surface area contributed by atoms with Gasteiger partial charge in [-0.1, -0.05) is 12.2 Å². The summed E-state index contributed by atoms with van der Waals surface area (Å²) in [6, 6.07) is -1.37. The molecular formula is C3H8NO4PS. The third kappa shape index (κ3) is 4.84. The highest BCUT2D eigenvalue weighted by atomic mass is 32.7. The molecule has 0 saturated carbocycles. The van der Waals surface area contributed by atoms with Gasteiger partial charge in [0.15, 0.2) is 6.54 Å². The lowest BCUT2D eigenvalue weighted by Gasteiger charge is -2.05. The van der Waals surface area contributed by atoms with Crippen LogP contribution < -0.4 is 5.73 Å². The summed E-state index contributed by atoms with van der Waals surface area (Å²) >= 11 is 3.31. The summed E-state index contributed by atoms with van der Waals surface area (Å²) in [7, 11) is 0. The number of thiol groups is 1. The number of carboxylic acids is 1. The molecule has 0 aliphatic heterocycles. The molecule has 0 aromatic heterocycles. The van der Waals surface area contributed by atoms with Crippen LogP contribution in [0.4, 0.5) is 0 Å². The van der Waals surface area contributed by atoms with Gasteiger partial charge in [-0.25, -0.2) is 0 Å². The summed E-state index contributed by atoms with van der Waals surface area (Å²) in [4.78, 5) is 27.1. The van der Waals surface area contributed by atoms with E-state index in [0.29, 0.717) is 5.80 Å². The molecule has 7 heteroatoms. The lowest BCUT2D eigenvalue weighted by atomic mass is 10.4. The number of hydrogen-bond acceptors (Lipinski definition) is 5. The smallest absolute Gasteiger partial charge is 0.324 e. The van der Waals surface area contributed by atoms with Crippen molar-refractivity contribution in [3.8, 4) is 0 Å². The van der Waals surface area contributed by atoms with E-state index in [0.717, 1.165) is 0 Å². The number of rotatable bonds is 2. The van der Waals surface area contributed by atoms with Crippen molar-refractivity contribution in [1.82, 2.24) is 0 Å². The Morgan fingerprint density at radius 1 is 1.70 bits per heavy atom. The molecule has 0 radical (unpaired) electrons. The van der Waals surface area contributed by atoms with Gasteiger partial charge in [0.25, 0.3) is 0 Å². The number of hydrogen-bond donors (Lipinski definition) is 5. The average Bonchev–Trinajstić information content (AvgIpc) is 1.60. The van der Waals surface area contributed by atoms with Crippen molar-refractivity contribution >= 4 is 30.6 Å². The molecule has 5 N–H and O–H groups in total. The van der Waals surface area contributed by atoms with Crippen molar-refractivity contribution in [3.63, 3.8) is 0 Å². The molecule has 0 spiro atoms. The second-order valence-electron chi connectivity index (χ2n) is 1.63. The third-order valence-electron chi connectivity index (χ3n) is 0.646. The fourth-order valence-corrected chi connectivity index (χ4v) is 1.27. The maximum absolute atomic E-state index is 9.98. The van der Waals surface area contributed by atoms with Gasteiger partial charge in [-0.3, -0.25) is 4.79 Å². The van der Waals surface area contributed by atoms with E-state index < -0.39 is 18.6 Å². The quantitative estimate of drug-likeness (QED) is 0.277. The zero-order valence-electron chi connectivity index (χ0n) is 4.88. The van der Waals surface area contributed by atoms with E-state index in [2.05, 4.69) is 12.2 Å². The standard InChI is InChI=1S/C3H8NO4PS/c4-2(3(5)6)1-9(7,8)10/h1-2,7-8,10H,4H2,(H,5,6)/t2-/m0/s1. The summed E-state index contributed by atoms with van der Waals surface area (Å²) in [6.07, 6.45) is 0. The maximum atomic E-state index is 9.98. The lowest BCUT2D eigenvalue weighted by Crippen LogP contribution is -2.31. The average molecular weight is 185 g/mol. The molecule has 1 atom stereocenters. The van der Waals surface area contributed by atoms with Crippen LogP contribution in [0, 0.1) is 0 Å². The van der Waals surface area contributed by atoms with Gasteiger partial charge < -0.3 is 20.6 Å². The molecule has 0 amide bonds. The van der Waals surface area contributed by atoms with Crippen LogP contribution in [0.15, 0.2) is 0 Å². The van der Waals surface area contributed by atoms with Crippen LogP contribution in [0.3, 0.4) is 0 Å². The Labute approximate surface area is 62.8 Å². The second-order valence-corrected chi connectivity index (χ2v) is 4.92. The van der Waals surface area contributed by atoms with Crippen molar-refractivity contribution < 1.29 is 19.7 Å². The molecule has 5 nitrogen and oxygen atoms in total. The predicted molar refractivity (Wildman–Crippen MR) is 42.0 cm³/mol. The molecular weight excluding hydrogens is 177 g/mol. The van der Waals surface area contributed by atoms with Crippen LogP contribution in [0.2, 0.25) is 0 Å². The Morgan fingerprint density at radius 3 is 2.20 bits per heavy atom. The summed E-state index contributed by atoms with van der Waals surface area (Å²) < 4.78 is 0. The summed E-state index contributed by atoms with van der Waals surface area (Å²) in [5.74, 6) is -0.625. The Balaban J connectivity index is 4.28. The molecule has 0 aromatic carbocycles. The highest BCUT2D eigenvalue weighted by Gasteiger charge is 2.12. The molecule has 0 heterocycles. The molecule has 0 fully saturated rings. The van der Waals surface area contributed by atoms with E-state index in [1.54, 1.807) is 0 Å². The van der Waals surface area contributed by atoms with Crippen molar-refractivity contribution in [3.05, 3.63) is 0 Å². The van der Waals surface area contributed by atoms with Gasteiger partial charge in [0.1, 0.15) is 6.04 Å². The van der Waals surface area contributed by atoms with Crippen molar-refractivity contribution in [2.75, 3.05) is 0 Å². The Hall–Kier alpha value is 0. The molecule has 0 bridgehead atoms. The predicted octanol–water partition coefficient (Wildman–Crippen LogP) is -1.12. The van der Waals surface area contributed by atoms with Gasteiger partial charge in [0.05, 0.1) is 0 Å². The Bertz CT molecular complexity index is 179. The number of nitrogens with two attached hydrogens (primary N) is 1. The minimum Gasteiger partial charge on any atom is -0.480 e. The van der Waals surface area contributed by atoms with Crippen LogP contribution in [0.5, 0.6) is 0 Å². The van der Waals surface area contributed by atoms with E-state index >= 15 is 0 Å². The van der Waals surface area contributed by atoms with E-state index in [1.807, 2.05) is 0 Å². The molecule has 0 unspecified atom stereocenters. The molecule has 60 valence electrons. The van der Waals surface area contributed by atoms with E-state index in [4.69, 9.17) is 20.6 Å². The molecule has 0 saturated heterocycles. The lowest BCUT2D eigenvalue weighted by molar-refractivity contribution is -0.136. The first-order chi connectivity index (χ1) is 4.33. The van der Waals surface area contributed by atoms with Crippen LogP contribution in [0.25, 0.3) is 0 Å². The van der Waals surface area contributed by atoms with E-state index in [9.17, 15) is 4.79 Å². The topological polar surface area (TPSA) is 104 Å². The van der Waals surface area contributed by atoms with E-state index in [-0.39, 0.29) is 0 Å². The van der Waals surface area contributed by atoms with Gasteiger partial charge in [-0.2, -0.15) is 0 Å². The number of carbonyl (C=O) groups is 1. The third-order valence-corrected chi connectivity index (χ3v) is 1.77. The van der Waals surface area contributed by atoms with Crippen molar-refractivity contribution in [1.29, 1.82) is 0 Å². The summed E-state index contributed by atoms with van der Waals surface area (Å²) in [6.45, 7) is -3.46. The van der Waals surface area contributed by atoms with Crippen molar-refractivity contribution in [2.24, 2.45) is 5.73 Å². The highest BCUT2D eigenvalue weighted by molar-refractivity contribution is 8.47. The molecule has 0 aliphatic carbocycles. The Kier molecular flexibility index (Phi) is 3.41. The maximum Gasteiger partial charge on any atom is 0.324 e. The molecule has 0 rings (SSSR count). The summed E-state index contributed by atoms with van der Waals surface area (Å²) in [5.41, 5.74) is 4.91. The van der Waals surface area contributed by atoms with Gasteiger partial charge in [-0.15, -0.1) is 0 Å². The minimum absolute atomic E-state index is 0.693. The molecule has 0 aromatic rings. The summed E-state index contributed by atoms with van der Waals surface area (Å²) in [5, 5.41) is 8.15. The van der Waals surface area contributed by atoms with Gasteiger partial charge in [0.2, 0.25) is 0 Å². The van der Waals surface area contributed by atoms with Crippen LogP contribution in [-0.4, -0.2) is 32.7 Å². The van der Waals surface area contributed by atoms with Gasteiger partial charge in [0, 0.05) is 5.80 Å².